The number of methoxy groups -OCH3 is 1. The molecule has 6 heteroatoms. The molecule has 0 aliphatic carbocycles. The van der Waals surface area contributed by atoms with Crippen LogP contribution in [0.25, 0.3) is 16.8 Å². The first-order chi connectivity index (χ1) is 17.6. The normalized spacial score (nSPS) is 12.8. The molecular formula is C30H23ClN2O3. The van der Waals surface area contributed by atoms with Crippen LogP contribution in [0.5, 0.6) is 11.5 Å². The van der Waals surface area contributed by atoms with E-state index in [0.717, 1.165) is 34.0 Å². The van der Waals surface area contributed by atoms with Crippen molar-refractivity contribution in [3.05, 3.63) is 106 Å². The van der Waals surface area contributed by atoms with Crippen LogP contribution in [-0.4, -0.2) is 19.6 Å². The lowest BCUT2D eigenvalue weighted by Gasteiger charge is -2.17. The van der Waals surface area contributed by atoms with Crippen LogP contribution in [-0.2, 0) is 17.8 Å². The molecule has 0 aromatic heterocycles. The number of anilines is 1. The molecule has 0 unspecified atom stereocenters. The van der Waals surface area contributed by atoms with Gasteiger partial charge < -0.3 is 14.4 Å². The highest BCUT2D eigenvalue weighted by atomic mass is 35.5. The largest absolute Gasteiger partial charge is 0.493 e. The third-order valence-electron chi connectivity index (χ3n) is 6.30. The molecule has 1 aliphatic rings. The van der Waals surface area contributed by atoms with E-state index >= 15 is 0 Å². The molecule has 5 rings (SSSR count). The van der Waals surface area contributed by atoms with Crippen molar-refractivity contribution >= 4 is 40.0 Å². The van der Waals surface area contributed by atoms with Gasteiger partial charge in [0.25, 0.3) is 5.91 Å². The zero-order chi connectivity index (χ0) is 25.1. The van der Waals surface area contributed by atoms with Gasteiger partial charge in [0.05, 0.1) is 12.1 Å². The summed E-state index contributed by atoms with van der Waals surface area (Å²) in [7, 11) is 1.53. The van der Waals surface area contributed by atoms with Gasteiger partial charge in [-0.1, -0.05) is 72.3 Å². The summed E-state index contributed by atoms with van der Waals surface area (Å²) >= 11 is 6.59. The number of ether oxygens (including phenoxy) is 2. The van der Waals surface area contributed by atoms with E-state index in [1.165, 1.54) is 13.2 Å². The monoisotopic (exact) mass is 494 g/mol. The second-order valence-corrected chi connectivity index (χ2v) is 8.87. The van der Waals surface area contributed by atoms with Gasteiger partial charge in [0, 0.05) is 12.2 Å². The summed E-state index contributed by atoms with van der Waals surface area (Å²) in [6.07, 6.45) is 2.30. The van der Waals surface area contributed by atoms with Crippen LogP contribution < -0.4 is 14.4 Å². The van der Waals surface area contributed by atoms with E-state index in [0.29, 0.717) is 35.2 Å². The number of hydrogen-bond acceptors (Lipinski definition) is 4. The first-order valence-electron chi connectivity index (χ1n) is 11.6. The maximum absolute atomic E-state index is 13.2. The van der Waals surface area contributed by atoms with Gasteiger partial charge in [-0.05, 0) is 58.2 Å². The molecule has 1 heterocycles. The highest BCUT2D eigenvalue weighted by molar-refractivity contribution is 6.32. The van der Waals surface area contributed by atoms with Crippen LogP contribution in [0.15, 0.2) is 84.4 Å². The van der Waals surface area contributed by atoms with E-state index in [1.807, 2.05) is 54.6 Å². The van der Waals surface area contributed by atoms with E-state index in [2.05, 4.69) is 18.2 Å². The summed E-state index contributed by atoms with van der Waals surface area (Å²) in [5.41, 5.74) is 3.57. The van der Waals surface area contributed by atoms with E-state index < -0.39 is 0 Å². The number of hydrogen-bond donors (Lipinski definition) is 0. The van der Waals surface area contributed by atoms with Crippen molar-refractivity contribution in [1.29, 1.82) is 5.26 Å². The highest BCUT2D eigenvalue weighted by Crippen LogP contribution is 2.38. The van der Waals surface area contributed by atoms with Crippen molar-refractivity contribution in [1.82, 2.24) is 0 Å². The van der Waals surface area contributed by atoms with Crippen LogP contribution in [0.1, 0.15) is 16.7 Å². The standard InChI is InChI=1S/C30H23ClN2O3/c1-35-28-17-20(15-24(18-32)30(34)33-14-13-22-8-3-5-12-27(22)33)16-26(31)29(28)36-19-23-10-6-9-21-7-2-4-11-25(21)23/h2-12,15-17H,13-14,19H2,1H3/b24-15+. The van der Waals surface area contributed by atoms with E-state index in [9.17, 15) is 10.1 Å². The molecule has 4 aromatic carbocycles. The summed E-state index contributed by atoms with van der Waals surface area (Å²) in [5, 5.41) is 12.3. The zero-order valence-electron chi connectivity index (χ0n) is 19.7. The van der Waals surface area contributed by atoms with E-state index in [1.54, 1.807) is 17.0 Å². The van der Waals surface area contributed by atoms with Crippen LogP contribution >= 0.6 is 11.6 Å². The number of carbonyl (C=O) groups is 1. The second-order valence-electron chi connectivity index (χ2n) is 8.47. The number of carbonyl (C=O) groups excluding carboxylic acids is 1. The minimum absolute atomic E-state index is 0.0225. The van der Waals surface area contributed by atoms with Gasteiger partial charge in [0.2, 0.25) is 0 Å². The number of amides is 1. The van der Waals surface area contributed by atoms with Gasteiger partial charge in [0.15, 0.2) is 11.5 Å². The van der Waals surface area contributed by atoms with Crippen molar-refractivity contribution in [2.75, 3.05) is 18.6 Å². The maximum atomic E-state index is 13.2. The Hall–Kier alpha value is -4.27. The molecule has 0 radical (unpaired) electrons. The minimum Gasteiger partial charge on any atom is -0.493 e. The predicted octanol–water partition coefficient (Wildman–Crippen LogP) is 6.58. The van der Waals surface area contributed by atoms with Gasteiger partial charge in [0.1, 0.15) is 18.2 Å². The molecule has 0 atom stereocenters. The lowest BCUT2D eigenvalue weighted by atomic mass is 10.1. The number of rotatable bonds is 6. The number of benzene rings is 4. The van der Waals surface area contributed by atoms with E-state index in [-0.39, 0.29) is 11.5 Å². The molecule has 0 fully saturated rings. The average molecular weight is 495 g/mol. The number of nitriles is 1. The highest BCUT2D eigenvalue weighted by Gasteiger charge is 2.26. The molecule has 0 saturated carbocycles. The fourth-order valence-corrected chi connectivity index (χ4v) is 4.81. The van der Waals surface area contributed by atoms with Gasteiger partial charge >= 0.3 is 0 Å². The Balaban J connectivity index is 1.41. The zero-order valence-corrected chi connectivity index (χ0v) is 20.5. The summed E-state index contributed by atoms with van der Waals surface area (Å²) in [4.78, 5) is 14.8. The number of nitrogens with zero attached hydrogens (tertiary/aromatic N) is 2. The summed E-state index contributed by atoms with van der Waals surface area (Å²) in [6.45, 7) is 0.852. The molecule has 0 N–H and O–H groups in total. The van der Waals surface area contributed by atoms with Crippen molar-refractivity contribution in [2.45, 2.75) is 13.0 Å². The van der Waals surface area contributed by atoms with Crippen molar-refractivity contribution in [3.63, 3.8) is 0 Å². The SMILES string of the molecule is COc1cc(/C=C(\C#N)C(=O)N2CCc3ccccc32)cc(Cl)c1OCc1cccc2ccccc12. The number of para-hydroxylation sites is 1. The van der Waals surface area contributed by atoms with Gasteiger partial charge in [-0.15, -0.1) is 0 Å². The molecular weight excluding hydrogens is 472 g/mol. The molecule has 1 amide bonds. The summed E-state index contributed by atoms with van der Waals surface area (Å²) in [6, 6.07) is 27.4. The van der Waals surface area contributed by atoms with Crippen LogP contribution in [0.4, 0.5) is 5.69 Å². The average Bonchev–Trinajstić information content (AvgIpc) is 3.34. The van der Waals surface area contributed by atoms with Crippen LogP contribution in [0.2, 0.25) is 5.02 Å². The fraction of sp³-hybridized carbons (Fsp3) is 0.133. The Kier molecular flexibility index (Phi) is 6.62. The third-order valence-corrected chi connectivity index (χ3v) is 6.58. The van der Waals surface area contributed by atoms with Crippen molar-refractivity contribution < 1.29 is 14.3 Å². The Bertz CT molecular complexity index is 1530. The van der Waals surface area contributed by atoms with Gasteiger partial charge in [-0.25, -0.2) is 0 Å². The Labute approximate surface area is 214 Å². The van der Waals surface area contributed by atoms with Gasteiger partial charge in [-0.2, -0.15) is 5.26 Å². The number of halogens is 1. The molecule has 5 nitrogen and oxygen atoms in total. The lowest BCUT2D eigenvalue weighted by Crippen LogP contribution is -2.29. The smallest absolute Gasteiger partial charge is 0.268 e. The lowest BCUT2D eigenvalue weighted by molar-refractivity contribution is -0.114. The minimum atomic E-state index is -0.339. The first-order valence-corrected chi connectivity index (χ1v) is 12.0. The fourth-order valence-electron chi connectivity index (χ4n) is 4.53. The predicted molar refractivity (Wildman–Crippen MR) is 142 cm³/mol. The molecule has 178 valence electrons. The Morgan fingerprint density at radius 2 is 1.86 bits per heavy atom. The third kappa shape index (κ3) is 4.51. The molecule has 4 aromatic rings. The Morgan fingerprint density at radius 3 is 2.69 bits per heavy atom. The summed E-state index contributed by atoms with van der Waals surface area (Å²) < 4.78 is 11.6. The maximum Gasteiger partial charge on any atom is 0.268 e. The van der Waals surface area contributed by atoms with Crippen molar-refractivity contribution in [2.24, 2.45) is 0 Å². The molecule has 0 spiro atoms. The van der Waals surface area contributed by atoms with Crippen molar-refractivity contribution in [3.8, 4) is 17.6 Å². The van der Waals surface area contributed by atoms with Crippen LogP contribution in [0.3, 0.4) is 0 Å². The number of fused-ring (bicyclic) bond motifs is 2. The van der Waals surface area contributed by atoms with E-state index in [4.69, 9.17) is 21.1 Å². The second kappa shape index (κ2) is 10.2. The molecule has 36 heavy (non-hydrogen) atoms. The molecule has 0 bridgehead atoms. The Morgan fingerprint density at radius 1 is 1.08 bits per heavy atom. The topological polar surface area (TPSA) is 62.6 Å². The van der Waals surface area contributed by atoms with Crippen LogP contribution in [0, 0.1) is 11.3 Å². The quantitative estimate of drug-likeness (QED) is 0.224. The first kappa shape index (κ1) is 23.5. The summed E-state index contributed by atoms with van der Waals surface area (Å²) in [5.74, 6) is 0.488. The molecule has 0 saturated heterocycles. The molecule has 1 aliphatic heterocycles. The van der Waals surface area contributed by atoms with Gasteiger partial charge in [-0.3, -0.25) is 4.79 Å².